The first-order chi connectivity index (χ1) is 21.8. The van der Waals surface area contributed by atoms with Gasteiger partial charge in [-0.05, 0) is 118 Å². The molecule has 3 aromatic rings. The van der Waals surface area contributed by atoms with E-state index >= 15 is 0 Å². The number of benzene rings is 2. The number of amides is 2. The van der Waals surface area contributed by atoms with Crippen molar-refractivity contribution in [2.75, 3.05) is 49.1 Å². The highest BCUT2D eigenvalue weighted by Gasteiger charge is 2.39. The van der Waals surface area contributed by atoms with Crippen molar-refractivity contribution in [2.45, 2.75) is 79.1 Å². The molecule has 1 saturated heterocycles. The zero-order valence-electron chi connectivity index (χ0n) is 27.7. The van der Waals surface area contributed by atoms with Crippen molar-refractivity contribution in [3.05, 3.63) is 70.4 Å². The van der Waals surface area contributed by atoms with E-state index in [-0.39, 0.29) is 11.8 Å². The van der Waals surface area contributed by atoms with Crippen molar-refractivity contribution in [1.82, 2.24) is 9.80 Å². The summed E-state index contributed by atoms with van der Waals surface area (Å²) in [5.41, 5.74) is 3.76. The molecule has 0 N–H and O–H groups in total. The quantitative estimate of drug-likeness (QED) is 0.214. The van der Waals surface area contributed by atoms with Crippen LogP contribution in [0.3, 0.4) is 0 Å². The minimum atomic E-state index is 0.0477. The molecule has 2 amide bonds. The molecule has 3 aliphatic rings. The number of anilines is 2. The maximum Gasteiger partial charge on any atom is 0.274 e. The van der Waals surface area contributed by atoms with Crippen LogP contribution < -0.4 is 9.80 Å². The van der Waals surface area contributed by atoms with Crippen LogP contribution in [0.4, 0.5) is 11.4 Å². The SMILES string of the molecule is CC(C)CCN(CCC(C)C)C(=O)c1ccc2c(c1)N(CCCN1CCCCC1)/C1=C/CCc3c(sc4ccccc34)C(=O)N12. The molecule has 0 radical (unpaired) electrons. The van der Waals surface area contributed by atoms with Gasteiger partial charge < -0.3 is 14.7 Å². The number of nitrogens with zero attached hydrogens (tertiary/aromatic N) is 4. The standard InChI is InChI=1S/C38H50N4O2S/c1-27(2)18-24-40(25-19-28(3)4)37(43)29-16-17-32-33(26-29)41(23-11-22-39-20-8-5-9-21-39)35-15-10-13-31-30-12-6-7-14-34(30)45-36(31)38(44)42(32)35/h6-7,12,14-17,26-28H,5,8-11,13,18-25H2,1-4H3/b35-15-. The number of hydrogen-bond acceptors (Lipinski definition) is 5. The number of piperidine rings is 1. The summed E-state index contributed by atoms with van der Waals surface area (Å²) in [7, 11) is 0. The number of fused-ring (bicyclic) bond motifs is 6. The fourth-order valence-corrected chi connectivity index (χ4v) is 8.19. The van der Waals surface area contributed by atoms with Gasteiger partial charge in [-0.15, -0.1) is 11.3 Å². The predicted octanol–water partition coefficient (Wildman–Crippen LogP) is 8.57. The summed E-state index contributed by atoms with van der Waals surface area (Å²) in [5.74, 6) is 2.17. The van der Waals surface area contributed by atoms with E-state index in [4.69, 9.17) is 0 Å². The van der Waals surface area contributed by atoms with Gasteiger partial charge >= 0.3 is 0 Å². The number of likely N-dealkylation sites (tertiary alicyclic amines) is 1. The van der Waals surface area contributed by atoms with Gasteiger partial charge in [0.05, 0.1) is 16.3 Å². The third kappa shape index (κ3) is 6.85. The molecule has 1 aromatic heterocycles. The first-order valence-electron chi connectivity index (χ1n) is 17.3. The van der Waals surface area contributed by atoms with E-state index in [9.17, 15) is 9.59 Å². The molecule has 2 aromatic carbocycles. The van der Waals surface area contributed by atoms with E-state index in [0.717, 1.165) is 80.4 Å². The maximum absolute atomic E-state index is 14.5. The number of allylic oxidation sites excluding steroid dienone is 1. The molecular formula is C38H50N4O2S. The average molecular weight is 627 g/mol. The Labute approximate surface area is 273 Å². The van der Waals surface area contributed by atoms with Gasteiger partial charge in [-0.3, -0.25) is 14.5 Å². The largest absolute Gasteiger partial charge is 0.339 e. The number of rotatable bonds is 11. The Morgan fingerprint density at radius 2 is 1.64 bits per heavy atom. The summed E-state index contributed by atoms with van der Waals surface area (Å²) >= 11 is 1.61. The van der Waals surface area contributed by atoms with Gasteiger partial charge in [0.1, 0.15) is 5.82 Å². The summed E-state index contributed by atoms with van der Waals surface area (Å²) in [5, 5.41) is 1.20. The first kappa shape index (κ1) is 31.8. The van der Waals surface area contributed by atoms with E-state index in [2.05, 4.69) is 78.8 Å². The van der Waals surface area contributed by atoms with Gasteiger partial charge in [0, 0.05) is 29.9 Å². The van der Waals surface area contributed by atoms with Crippen molar-refractivity contribution in [2.24, 2.45) is 11.8 Å². The molecule has 4 heterocycles. The van der Waals surface area contributed by atoms with Gasteiger partial charge in [-0.1, -0.05) is 52.3 Å². The molecule has 6 nitrogen and oxygen atoms in total. The Hall–Kier alpha value is -3.16. The highest BCUT2D eigenvalue weighted by atomic mass is 32.1. The summed E-state index contributed by atoms with van der Waals surface area (Å²) < 4.78 is 1.17. The summed E-state index contributed by atoms with van der Waals surface area (Å²) in [6, 6.07) is 14.4. The molecule has 0 unspecified atom stereocenters. The van der Waals surface area contributed by atoms with Gasteiger partial charge in [-0.2, -0.15) is 0 Å². The number of carbonyl (C=O) groups is 2. The molecule has 0 bridgehead atoms. The maximum atomic E-state index is 14.5. The fraction of sp³-hybridized carbons (Fsp3) is 0.526. The number of thiophene rings is 1. The topological polar surface area (TPSA) is 47.1 Å². The predicted molar refractivity (Wildman–Crippen MR) is 189 cm³/mol. The molecule has 7 heteroatoms. The molecule has 0 saturated carbocycles. The van der Waals surface area contributed by atoms with Crippen LogP contribution >= 0.6 is 11.3 Å². The minimum absolute atomic E-state index is 0.0477. The van der Waals surface area contributed by atoms with Gasteiger partial charge in [0.25, 0.3) is 11.8 Å². The summed E-state index contributed by atoms with van der Waals surface area (Å²) in [4.78, 5) is 38.3. The van der Waals surface area contributed by atoms with Gasteiger partial charge in [0.2, 0.25) is 0 Å². The number of hydrogen-bond donors (Lipinski definition) is 0. The fourth-order valence-electron chi connectivity index (χ4n) is 7.01. The summed E-state index contributed by atoms with van der Waals surface area (Å²) in [6.45, 7) is 14.7. The van der Waals surface area contributed by atoms with Crippen molar-refractivity contribution < 1.29 is 9.59 Å². The molecule has 1 fully saturated rings. The smallest absolute Gasteiger partial charge is 0.274 e. The number of carbonyl (C=O) groups excluding carboxylic acids is 2. The first-order valence-corrected chi connectivity index (χ1v) is 18.1. The van der Waals surface area contributed by atoms with Crippen molar-refractivity contribution in [3.63, 3.8) is 0 Å². The zero-order chi connectivity index (χ0) is 31.5. The van der Waals surface area contributed by atoms with E-state index in [1.165, 1.54) is 48.0 Å². The minimum Gasteiger partial charge on any atom is -0.339 e. The molecule has 240 valence electrons. The van der Waals surface area contributed by atoms with Crippen LogP contribution in [0, 0.1) is 11.8 Å². The van der Waals surface area contributed by atoms with Crippen LogP contribution in [0.2, 0.25) is 0 Å². The van der Waals surface area contributed by atoms with E-state index in [0.29, 0.717) is 17.4 Å². The zero-order valence-corrected chi connectivity index (χ0v) is 28.5. The van der Waals surface area contributed by atoms with Crippen LogP contribution in [0.15, 0.2) is 54.4 Å². The molecule has 0 atom stereocenters. The molecule has 3 aliphatic heterocycles. The monoisotopic (exact) mass is 626 g/mol. The molecule has 0 spiro atoms. The molecule has 6 rings (SSSR count). The Kier molecular flexibility index (Phi) is 9.96. The third-order valence-corrected chi connectivity index (χ3v) is 10.8. The Morgan fingerprint density at radius 3 is 2.38 bits per heavy atom. The average Bonchev–Trinajstić information content (AvgIpc) is 3.55. The normalized spacial score (nSPS) is 18.1. The van der Waals surface area contributed by atoms with E-state index in [1.54, 1.807) is 11.3 Å². The highest BCUT2D eigenvalue weighted by molar-refractivity contribution is 7.21. The lowest BCUT2D eigenvalue weighted by Crippen LogP contribution is -2.36. The molecule has 45 heavy (non-hydrogen) atoms. The van der Waals surface area contributed by atoms with Crippen LogP contribution in [0.25, 0.3) is 10.1 Å². The van der Waals surface area contributed by atoms with Crippen LogP contribution in [0.1, 0.15) is 98.2 Å². The van der Waals surface area contributed by atoms with Crippen molar-refractivity contribution >= 4 is 44.6 Å². The lowest BCUT2D eigenvalue weighted by molar-refractivity contribution is 0.0740. The number of aryl methyl sites for hydroxylation is 1. The molecular weight excluding hydrogens is 577 g/mol. The lowest BCUT2D eigenvalue weighted by Gasteiger charge is -2.29. The third-order valence-electron chi connectivity index (χ3n) is 9.62. The Balaban J connectivity index is 1.34. The van der Waals surface area contributed by atoms with Crippen LogP contribution in [0.5, 0.6) is 0 Å². The van der Waals surface area contributed by atoms with E-state index in [1.807, 2.05) is 17.0 Å². The second kappa shape index (κ2) is 14.1. The van der Waals surface area contributed by atoms with Gasteiger partial charge in [-0.25, -0.2) is 0 Å². The highest BCUT2D eigenvalue weighted by Crippen LogP contribution is 2.46. The van der Waals surface area contributed by atoms with Crippen LogP contribution in [-0.4, -0.2) is 60.9 Å². The van der Waals surface area contributed by atoms with Crippen LogP contribution in [-0.2, 0) is 6.42 Å². The second-order valence-electron chi connectivity index (χ2n) is 13.9. The Bertz CT molecular complexity index is 1540. The van der Waals surface area contributed by atoms with Gasteiger partial charge in [0.15, 0.2) is 0 Å². The summed E-state index contributed by atoms with van der Waals surface area (Å²) in [6.07, 6.45) is 10.9. The van der Waals surface area contributed by atoms with Crippen molar-refractivity contribution in [3.8, 4) is 0 Å². The molecule has 0 aliphatic carbocycles. The lowest BCUT2D eigenvalue weighted by atomic mass is 10.0. The Morgan fingerprint density at radius 1 is 0.911 bits per heavy atom. The van der Waals surface area contributed by atoms with Crippen molar-refractivity contribution in [1.29, 1.82) is 0 Å². The van der Waals surface area contributed by atoms with E-state index < -0.39 is 0 Å². The second-order valence-corrected chi connectivity index (χ2v) is 15.0.